The molecule has 8 bridgehead atoms. The van der Waals surface area contributed by atoms with Crippen molar-refractivity contribution in [3.05, 3.63) is 94.5 Å². The summed E-state index contributed by atoms with van der Waals surface area (Å²) in [4.78, 5) is 29.6. The molecule has 1 aromatic rings. The Kier molecular flexibility index (Phi) is 4.06. The summed E-state index contributed by atoms with van der Waals surface area (Å²) in [5, 5.41) is 10.3. The minimum Gasteiger partial charge on any atom is -0.512 e. The Balaban J connectivity index is 1.75. The molecular formula is C24H18N4O2. The molecule has 146 valence electrons. The van der Waals surface area contributed by atoms with Crippen LogP contribution >= 0.6 is 0 Å². The van der Waals surface area contributed by atoms with Crippen molar-refractivity contribution in [3.63, 3.8) is 0 Å². The van der Waals surface area contributed by atoms with Gasteiger partial charge in [0, 0.05) is 5.69 Å². The van der Waals surface area contributed by atoms with Crippen molar-refractivity contribution in [1.82, 2.24) is 4.98 Å². The van der Waals surface area contributed by atoms with Crippen LogP contribution < -0.4 is 0 Å². The number of aromatic amines is 1. The first-order valence-corrected chi connectivity index (χ1v) is 9.57. The third-order valence-corrected chi connectivity index (χ3v) is 5.04. The number of aliphatic hydroxyl groups excluding tert-OH is 1. The van der Waals surface area contributed by atoms with Crippen molar-refractivity contribution in [1.29, 1.82) is 0 Å². The lowest BCUT2D eigenvalue weighted by Crippen LogP contribution is -2.09. The van der Waals surface area contributed by atoms with Crippen LogP contribution in [-0.4, -0.2) is 33.0 Å². The van der Waals surface area contributed by atoms with Gasteiger partial charge in [-0.05, 0) is 74.6 Å². The number of aliphatic hydroxyl groups is 1. The first-order chi connectivity index (χ1) is 14.5. The van der Waals surface area contributed by atoms with Crippen LogP contribution in [0, 0.1) is 0 Å². The van der Waals surface area contributed by atoms with Gasteiger partial charge in [-0.2, -0.15) is 0 Å². The summed E-state index contributed by atoms with van der Waals surface area (Å²) in [7, 11) is 0. The molecule has 30 heavy (non-hydrogen) atoms. The number of allylic oxidation sites excluding steroid dienone is 10. The van der Waals surface area contributed by atoms with Crippen molar-refractivity contribution in [2.75, 3.05) is 0 Å². The molecule has 0 fully saturated rings. The lowest BCUT2D eigenvalue weighted by Gasteiger charge is -2.06. The number of aliphatic imine (C=N–C) groups is 3. The number of aromatic nitrogens is 1. The molecule has 4 aliphatic heterocycles. The van der Waals surface area contributed by atoms with Crippen LogP contribution in [0.25, 0.3) is 11.6 Å². The van der Waals surface area contributed by atoms with E-state index in [1.165, 1.54) is 6.92 Å². The number of hydrogen-bond acceptors (Lipinski definition) is 5. The molecule has 2 N–H and O–H groups in total. The third kappa shape index (κ3) is 3.08. The van der Waals surface area contributed by atoms with Gasteiger partial charge in [-0.1, -0.05) is 0 Å². The van der Waals surface area contributed by atoms with Gasteiger partial charge in [0.1, 0.15) is 5.76 Å². The van der Waals surface area contributed by atoms with E-state index < -0.39 is 0 Å². The maximum atomic E-state index is 12.4. The molecule has 6 nitrogen and oxygen atoms in total. The van der Waals surface area contributed by atoms with Gasteiger partial charge in [-0.15, -0.1) is 0 Å². The van der Waals surface area contributed by atoms with Crippen LogP contribution in [0.2, 0.25) is 0 Å². The smallest absolute Gasteiger partial charge is 0.164 e. The van der Waals surface area contributed by atoms with Crippen LogP contribution in [-0.2, 0) is 4.79 Å². The zero-order valence-electron chi connectivity index (χ0n) is 16.5. The zero-order chi connectivity index (χ0) is 20.8. The molecule has 0 saturated carbocycles. The average Bonchev–Trinajstić information content (AvgIpc) is 3.46. The number of rotatable bonds is 1. The first kappa shape index (κ1) is 18.0. The molecule has 0 spiro atoms. The maximum Gasteiger partial charge on any atom is 0.164 e. The number of carbonyl (C=O) groups excluding carboxylic acids is 1. The second-order valence-electron chi connectivity index (χ2n) is 7.27. The summed E-state index contributed by atoms with van der Waals surface area (Å²) in [6, 6.07) is 3.77. The van der Waals surface area contributed by atoms with Crippen LogP contribution in [0.15, 0.2) is 98.1 Å². The van der Waals surface area contributed by atoms with E-state index in [9.17, 15) is 9.90 Å². The van der Waals surface area contributed by atoms with Gasteiger partial charge in [0.15, 0.2) is 5.78 Å². The van der Waals surface area contributed by atoms with Gasteiger partial charge in [0.2, 0.25) is 0 Å². The monoisotopic (exact) mass is 394 g/mol. The predicted octanol–water partition coefficient (Wildman–Crippen LogP) is 4.42. The largest absolute Gasteiger partial charge is 0.512 e. The molecule has 0 aliphatic carbocycles. The Labute approximate surface area is 173 Å². The van der Waals surface area contributed by atoms with E-state index in [-0.39, 0.29) is 11.5 Å². The molecule has 5 heterocycles. The van der Waals surface area contributed by atoms with Crippen molar-refractivity contribution in [2.45, 2.75) is 13.8 Å². The molecule has 0 unspecified atom stereocenters. The number of Topliss-reactive ketones (excluding diaryl/α,β-unsaturated/α-hetero) is 1. The first-order valence-electron chi connectivity index (χ1n) is 9.57. The van der Waals surface area contributed by atoms with E-state index in [2.05, 4.69) is 20.0 Å². The summed E-state index contributed by atoms with van der Waals surface area (Å²) in [6.45, 7) is 3.17. The van der Waals surface area contributed by atoms with E-state index >= 15 is 0 Å². The molecule has 5 rings (SSSR count). The standard InChI is InChI=1S/C24H18N4O2/c1-13(29)23-19-7-3-15(25-19)11-17-5-9-21(27-17)24(14(2)30)22-10-6-18(28-22)12-16-4-8-20(23)26-16/h3-12,25,30H,1-2H3. The highest BCUT2D eigenvalue weighted by Gasteiger charge is 2.21. The van der Waals surface area contributed by atoms with Crippen LogP contribution in [0.4, 0.5) is 0 Å². The highest BCUT2D eigenvalue weighted by molar-refractivity contribution is 6.33. The molecule has 1 aromatic heterocycles. The number of H-pyrrole nitrogens is 1. The zero-order valence-corrected chi connectivity index (χ0v) is 16.5. The lowest BCUT2D eigenvalue weighted by molar-refractivity contribution is -0.111. The minimum atomic E-state index is -0.0650. The Morgan fingerprint density at radius 1 is 0.867 bits per heavy atom. The SMILES string of the molecule is CC(=O)C1=C2C=CC(=N2)C=C2C=CC(=N2)C(=C(C)O)C2=NC(=Cc3ccc1[nH]3)C=C2. The average molecular weight is 394 g/mol. The van der Waals surface area contributed by atoms with Gasteiger partial charge in [0.25, 0.3) is 0 Å². The Hall–Kier alpha value is -4.06. The maximum absolute atomic E-state index is 12.4. The Morgan fingerprint density at radius 2 is 1.57 bits per heavy atom. The molecule has 0 amide bonds. The number of ketones is 1. The van der Waals surface area contributed by atoms with Crippen molar-refractivity contribution >= 4 is 34.6 Å². The second kappa shape index (κ2) is 6.77. The van der Waals surface area contributed by atoms with E-state index in [0.29, 0.717) is 45.4 Å². The van der Waals surface area contributed by atoms with Gasteiger partial charge in [-0.25, -0.2) is 15.0 Å². The fourth-order valence-electron chi connectivity index (χ4n) is 3.76. The summed E-state index contributed by atoms with van der Waals surface area (Å²) in [5.41, 5.74) is 6.71. The van der Waals surface area contributed by atoms with Gasteiger partial charge < -0.3 is 10.1 Å². The molecular weight excluding hydrogens is 376 g/mol. The van der Waals surface area contributed by atoms with Crippen LogP contribution in [0.1, 0.15) is 25.2 Å². The minimum absolute atomic E-state index is 0.0650. The number of nitrogens with zero attached hydrogens (tertiary/aromatic N) is 3. The third-order valence-electron chi connectivity index (χ3n) is 5.04. The number of hydrogen-bond donors (Lipinski definition) is 2. The summed E-state index contributed by atoms with van der Waals surface area (Å²) >= 11 is 0. The molecule has 0 aromatic carbocycles. The van der Waals surface area contributed by atoms with E-state index in [0.717, 1.165) is 11.4 Å². The van der Waals surface area contributed by atoms with Crippen LogP contribution in [0.5, 0.6) is 0 Å². The van der Waals surface area contributed by atoms with E-state index in [1.54, 1.807) is 6.92 Å². The molecule has 6 heteroatoms. The second-order valence-corrected chi connectivity index (χ2v) is 7.27. The van der Waals surface area contributed by atoms with Crippen LogP contribution in [0.3, 0.4) is 0 Å². The highest BCUT2D eigenvalue weighted by Crippen LogP contribution is 2.28. The quantitative estimate of drug-likeness (QED) is 0.691. The Bertz CT molecular complexity index is 1310. The normalized spacial score (nSPS) is 20.8. The molecule has 4 aliphatic rings. The fourth-order valence-corrected chi connectivity index (χ4v) is 3.76. The molecule has 0 radical (unpaired) electrons. The van der Waals surface area contributed by atoms with Gasteiger partial charge >= 0.3 is 0 Å². The predicted molar refractivity (Wildman–Crippen MR) is 120 cm³/mol. The van der Waals surface area contributed by atoms with Crippen molar-refractivity contribution in [3.8, 4) is 0 Å². The van der Waals surface area contributed by atoms with Crippen molar-refractivity contribution < 1.29 is 9.90 Å². The van der Waals surface area contributed by atoms with E-state index in [4.69, 9.17) is 0 Å². The number of nitrogens with one attached hydrogen (secondary N) is 1. The molecule has 0 atom stereocenters. The van der Waals surface area contributed by atoms with Crippen molar-refractivity contribution in [2.24, 2.45) is 15.0 Å². The fraction of sp³-hybridized carbons (Fsp3) is 0.0833. The van der Waals surface area contributed by atoms with E-state index in [1.807, 2.05) is 60.7 Å². The lowest BCUT2D eigenvalue weighted by atomic mass is 10.0. The van der Waals surface area contributed by atoms with Gasteiger partial charge in [-0.3, -0.25) is 4.79 Å². The number of carbonyl (C=O) groups is 1. The molecule has 0 saturated heterocycles. The summed E-state index contributed by atoms with van der Waals surface area (Å²) < 4.78 is 0. The summed E-state index contributed by atoms with van der Waals surface area (Å²) in [6.07, 6.45) is 14.9. The summed E-state index contributed by atoms with van der Waals surface area (Å²) in [5.74, 6) is 0.0896. The van der Waals surface area contributed by atoms with Gasteiger partial charge in [0.05, 0.1) is 51.1 Å². The number of fused-ring (bicyclic) bond motifs is 5. The highest BCUT2D eigenvalue weighted by atomic mass is 16.3. The topological polar surface area (TPSA) is 90.2 Å². The Morgan fingerprint density at radius 3 is 2.23 bits per heavy atom.